The summed E-state index contributed by atoms with van der Waals surface area (Å²) in [4.78, 5) is 27.7. The largest absolute Gasteiger partial charge is 0.390 e. The number of carbonyl (C=O) groups excluding carboxylic acids is 2. The monoisotopic (exact) mass is 577 g/mol. The Kier molecular flexibility index (Phi) is 9.10. The van der Waals surface area contributed by atoms with Crippen LogP contribution in [0.4, 0.5) is 0 Å². The summed E-state index contributed by atoms with van der Waals surface area (Å²) >= 11 is 7.29. The molecule has 2 aromatic carbocycles. The molecule has 11 heteroatoms. The molecular formula is C27H32ClN3O5S2. The van der Waals surface area contributed by atoms with Crippen LogP contribution in [0.1, 0.15) is 42.8 Å². The van der Waals surface area contributed by atoms with E-state index in [1.165, 1.54) is 35.6 Å². The summed E-state index contributed by atoms with van der Waals surface area (Å²) in [5.74, 6) is -1.24. The lowest BCUT2D eigenvalue weighted by molar-refractivity contribution is -0.132. The van der Waals surface area contributed by atoms with E-state index < -0.39 is 40.0 Å². The Morgan fingerprint density at radius 3 is 2.58 bits per heavy atom. The summed E-state index contributed by atoms with van der Waals surface area (Å²) in [5.41, 5.74) is 0. The number of rotatable bonds is 8. The van der Waals surface area contributed by atoms with Gasteiger partial charge in [0.25, 0.3) is 21.8 Å². The molecule has 1 aliphatic rings. The second kappa shape index (κ2) is 12.1. The summed E-state index contributed by atoms with van der Waals surface area (Å²) in [6, 6.07) is 12.8. The van der Waals surface area contributed by atoms with Crippen molar-refractivity contribution in [2.45, 2.75) is 56.2 Å². The van der Waals surface area contributed by atoms with Gasteiger partial charge in [-0.3, -0.25) is 9.59 Å². The minimum Gasteiger partial charge on any atom is -0.390 e. The maximum atomic E-state index is 14.1. The zero-order valence-electron chi connectivity index (χ0n) is 21.3. The number of sulfonamides is 1. The zero-order valence-corrected chi connectivity index (χ0v) is 23.7. The Labute approximate surface area is 232 Å². The molecule has 38 heavy (non-hydrogen) atoms. The first-order valence-electron chi connectivity index (χ1n) is 12.6. The number of nitrogens with one attached hydrogen (secondary N) is 2. The van der Waals surface area contributed by atoms with Gasteiger partial charge in [0.2, 0.25) is 0 Å². The lowest BCUT2D eigenvalue weighted by Gasteiger charge is -2.35. The van der Waals surface area contributed by atoms with Gasteiger partial charge in [0.1, 0.15) is 6.04 Å². The van der Waals surface area contributed by atoms with E-state index in [4.69, 9.17) is 11.6 Å². The highest BCUT2D eigenvalue weighted by atomic mass is 35.5. The van der Waals surface area contributed by atoms with E-state index in [1.54, 1.807) is 6.07 Å². The Morgan fingerprint density at radius 2 is 1.89 bits per heavy atom. The maximum absolute atomic E-state index is 14.1. The van der Waals surface area contributed by atoms with Crippen LogP contribution in [-0.4, -0.2) is 60.9 Å². The number of aliphatic hydroxyl groups is 1. The third-order valence-electron chi connectivity index (χ3n) is 6.50. The van der Waals surface area contributed by atoms with Crippen LogP contribution in [0.25, 0.3) is 10.1 Å². The van der Waals surface area contributed by atoms with Crippen molar-refractivity contribution in [2.24, 2.45) is 5.92 Å². The minimum atomic E-state index is -4.38. The van der Waals surface area contributed by atoms with Crippen molar-refractivity contribution in [2.75, 3.05) is 13.1 Å². The Bertz CT molecular complexity index is 1360. The molecule has 3 atom stereocenters. The number of hydrogen-bond acceptors (Lipinski definition) is 7. The highest BCUT2D eigenvalue weighted by Crippen LogP contribution is 2.28. The molecule has 2 amide bonds. The van der Waals surface area contributed by atoms with Gasteiger partial charge < -0.3 is 15.7 Å². The topological polar surface area (TPSA) is 116 Å². The number of nitrogens with zero attached hydrogens (tertiary/aromatic N) is 1. The normalized spacial score (nSPS) is 19.2. The van der Waals surface area contributed by atoms with Crippen LogP contribution in [-0.2, 0) is 14.8 Å². The SMILES string of the molecule is CC(C)CC(NC(=O)c1cc2ccccc2s1)C(=O)N(C1CCCNC[C@@H]1O)S(=O)(=O)c1ccc(Cl)cc1. The standard InChI is InChI=1S/C27H32ClN3O5S2/c1-17(2)14-21(30-26(33)25-15-18-6-3-4-8-24(18)37-25)27(34)31(22-7-5-13-29-16-23(22)32)38(35,36)20-11-9-19(28)10-12-20/h3-4,6,8-12,15,17,21-23,29,32H,5,7,13-14,16H2,1-2H3,(H,30,33)/t21?,22?,23-/m0/s1. The molecule has 0 aliphatic carbocycles. The first kappa shape index (κ1) is 28.5. The summed E-state index contributed by atoms with van der Waals surface area (Å²) in [5, 5.41) is 18.1. The molecule has 8 nitrogen and oxygen atoms in total. The average Bonchev–Trinajstić information content (AvgIpc) is 3.21. The number of halogens is 1. The summed E-state index contributed by atoms with van der Waals surface area (Å²) < 4.78 is 29.6. The number of aliphatic hydroxyl groups excluding tert-OH is 1. The van der Waals surface area contributed by atoms with Gasteiger partial charge in [0.15, 0.2) is 0 Å². The molecule has 0 bridgehead atoms. The van der Waals surface area contributed by atoms with E-state index >= 15 is 0 Å². The van der Waals surface area contributed by atoms with Crippen LogP contribution in [0.2, 0.25) is 5.02 Å². The zero-order chi connectivity index (χ0) is 27.4. The average molecular weight is 578 g/mol. The van der Waals surface area contributed by atoms with Crippen LogP contribution in [0, 0.1) is 5.92 Å². The molecule has 1 aromatic heterocycles. The van der Waals surface area contributed by atoms with Gasteiger partial charge in [-0.1, -0.05) is 43.6 Å². The van der Waals surface area contributed by atoms with Gasteiger partial charge in [0.05, 0.1) is 21.9 Å². The van der Waals surface area contributed by atoms with Crippen molar-refractivity contribution >= 4 is 54.9 Å². The van der Waals surface area contributed by atoms with Crippen LogP contribution >= 0.6 is 22.9 Å². The van der Waals surface area contributed by atoms with E-state index in [9.17, 15) is 23.1 Å². The van der Waals surface area contributed by atoms with Crippen LogP contribution < -0.4 is 10.6 Å². The maximum Gasteiger partial charge on any atom is 0.266 e. The third kappa shape index (κ3) is 6.38. The van der Waals surface area contributed by atoms with Crippen LogP contribution in [0.15, 0.2) is 59.5 Å². The Morgan fingerprint density at radius 1 is 1.18 bits per heavy atom. The molecule has 1 saturated heterocycles. The van der Waals surface area contributed by atoms with Crippen molar-refractivity contribution in [1.82, 2.24) is 14.9 Å². The lowest BCUT2D eigenvalue weighted by atomic mass is 10.0. The predicted octanol–water partition coefficient (Wildman–Crippen LogP) is 4.03. The number of fused-ring (bicyclic) bond motifs is 1. The van der Waals surface area contributed by atoms with Gasteiger partial charge in [-0.25, -0.2) is 12.7 Å². The smallest absolute Gasteiger partial charge is 0.266 e. The quantitative estimate of drug-likeness (QED) is 0.372. The van der Waals surface area contributed by atoms with Gasteiger partial charge >= 0.3 is 0 Å². The Balaban J connectivity index is 1.72. The van der Waals surface area contributed by atoms with E-state index in [0.29, 0.717) is 22.9 Å². The molecule has 0 saturated carbocycles. The molecule has 1 aliphatic heterocycles. The van der Waals surface area contributed by atoms with Crippen molar-refractivity contribution in [3.8, 4) is 0 Å². The molecule has 3 N–H and O–H groups in total. The molecule has 1 fully saturated rings. The second-order valence-electron chi connectivity index (χ2n) is 9.88. The summed E-state index contributed by atoms with van der Waals surface area (Å²) in [7, 11) is -4.38. The molecule has 0 radical (unpaired) electrons. The van der Waals surface area contributed by atoms with Gasteiger partial charge in [-0.15, -0.1) is 11.3 Å². The van der Waals surface area contributed by atoms with Gasteiger partial charge in [-0.2, -0.15) is 0 Å². The number of hydrogen-bond donors (Lipinski definition) is 3. The number of amides is 2. The molecule has 3 aromatic rings. The molecule has 0 spiro atoms. The highest BCUT2D eigenvalue weighted by molar-refractivity contribution is 7.89. The first-order valence-corrected chi connectivity index (χ1v) is 15.2. The highest BCUT2D eigenvalue weighted by Gasteiger charge is 2.43. The number of carbonyl (C=O) groups is 2. The molecule has 204 valence electrons. The molecule has 2 heterocycles. The van der Waals surface area contributed by atoms with E-state index in [2.05, 4.69) is 10.6 Å². The molecule has 2 unspecified atom stereocenters. The van der Waals surface area contributed by atoms with E-state index in [1.807, 2.05) is 38.1 Å². The predicted molar refractivity (Wildman–Crippen MR) is 150 cm³/mol. The number of benzene rings is 2. The fourth-order valence-corrected chi connectivity index (χ4v) is 7.40. The molecular weight excluding hydrogens is 546 g/mol. The fraction of sp³-hybridized carbons (Fsp3) is 0.407. The summed E-state index contributed by atoms with van der Waals surface area (Å²) in [6.45, 7) is 4.53. The Hall–Kier alpha value is -2.50. The van der Waals surface area contributed by atoms with Crippen molar-refractivity contribution in [3.05, 3.63) is 64.5 Å². The van der Waals surface area contributed by atoms with Crippen molar-refractivity contribution < 1.29 is 23.1 Å². The minimum absolute atomic E-state index is 0.0209. The van der Waals surface area contributed by atoms with Crippen molar-refractivity contribution in [3.63, 3.8) is 0 Å². The van der Waals surface area contributed by atoms with Gasteiger partial charge in [-0.05, 0) is 73.5 Å². The van der Waals surface area contributed by atoms with E-state index in [-0.39, 0.29) is 30.2 Å². The lowest BCUT2D eigenvalue weighted by Crippen LogP contribution is -2.57. The molecule has 4 rings (SSSR count). The summed E-state index contributed by atoms with van der Waals surface area (Å²) in [6.07, 6.45) is -0.0272. The van der Waals surface area contributed by atoms with Gasteiger partial charge in [0, 0.05) is 16.3 Å². The van der Waals surface area contributed by atoms with Crippen molar-refractivity contribution in [1.29, 1.82) is 0 Å². The van der Waals surface area contributed by atoms with E-state index in [0.717, 1.165) is 14.4 Å². The van der Waals surface area contributed by atoms with Crippen LogP contribution in [0.5, 0.6) is 0 Å². The number of β-amino-alcohol motifs (C(OH)–C–C–N with tert-alkyl or cyclic N) is 1. The van der Waals surface area contributed by atoms with Crippen LogP contribution in [0.3, 0.4) is 0 Å². The number of thiophene rings is 1. The fourth-order valence-electron chi connectivity index (χ4n) is 4.64. The second-order valence-corrected chi connectivity index (χ2v) is 13.2. The first-order chi connectivity index (χ1) is 18.1. The third-order valence-corrected chi connectivity index (χ3v) is 9.70.